The molecular formula is C22H23FN4O3S2. The van der Waals surface area contributed by atoms with E-state index in [-0.39, 0.29) is 11.0 Å². The maximum atomic E-state index is 13.5. The van der Waals surface area contributed by atoms with Gasteiger partial charge in [0.1, 0.15) is 11.6 Å². The summed E-state index contributed by atoms with van der Waals surface area (Å²) in [6.07, 6.45) is -0.525. The number of aromatic amines is 1. The Hall–Kier alpha value is -2.85. The van der Waals surface area contributed by atoms with E-state index < -0.39 is 17.7 Å². The molecule has 7 nitrogen and oxygen atoms in total. The molecule has 0 bridgehead atoms. The van der Waals surface area contributed by atoms with Crippen LogP contribution in [0.3, 0.4) is 0 Å². The van der Waals surface area contributed by atoms with Gasteiger partial charge in [-0.05, 0) is 32.9 Å². The molecule has 0 spiro atoms. The zero-order valence-corrected chi connectivity index (χ0v) is 19.5. The van der Waals surface area contributed by atoms with E-state index in [1.54, 1.807) is 26.8 Å². The van der Waals surface area contributed by atoms with Gasteiger partial charge in [-0.1, -0.05) is 30.3 Å². The molecule has 1 atom stereocenters. The number of amides is 2. The number of nitrogens with one attached hydrogen (secondary N) is 2. The highest BCUT2D eigenvalue weighted by atomic mass is 32.2. The van der Waals surface area contributed by atoms with Crippen LogP contribution in [-0.2, 0) is 9.53 Å². The van der Waals surface area contributed by atoms with E-state index in [4.69, 9.17) is 4.74 Å². The fourth-order valence-electron chi connectivity index (χ4n) is 3.20. The van der Waals surface area contributed by atoms with Gasteiger partial charge >= 0.3 is 6.09 Å². The minimum Gasteiger partial charge on any atom is -0.444 e. The molecular weight excluding hydrogens is 451 g/mol. The molecule has 1 unspecified atom stereocenters. The van der Waals surface area contributed by atoms with Crippen molar-refractivity contribution in [3.63, 3.8) is 0 Å². The first-order chi connectivity index (χ1) is 15.2. The largest absolute Gasteiger partial charge is 0.444 e. The van der Waals surface area contributed by atoms with E-state index >= 15 is 0 Å². The first kappa shape index (κ1) is 22.3. The fourth-order valence-corrected chi connectivity index (χ4v) is 5.01. The van der Waals surface area contributed by atoms with Gasteiger partial charge < -0.3 is 15.0 Å². The van der Waals surface area contributed by atoms with Gasteiger partial charge in [-0.25, -0.2) is 9.78 Å². The normalized spacial score (nSPS) is 16.2. The van der Waals surface area contributed by atoms with Crippen molar-refractivity contribution in [3.05, 3.63) is 47.6 Å². The smallest absolute Gasteiger partial charge is 0.411 e. The second-order valence-corrected chi connectivity index (χ2v) is 10.3. The number of anilines is 1. The summed E-state index contributed by atoms with van der Waals surface area (Å²) < 4.78 is 19.0. The third-order valence-corrected chi connectivity index (χ3v) is 6.52. The number of rotatable bonds is 4. The van der Waals surface area contributed by atoms with Crippen LogP contribution in [0.1, 0.15) is 20.8 Å². The van der Waals surface area contributed by atoms with E-state index in [1.165, 1.54) is 22.7 Å². The number of ether oxygens (including phenoxy) is 1. The van der Waals surface area contributed by atoms with Gasteiger partial charge in [0.25, 0.3) is 0 Å². The first-order valence-electron chi connectivity index (χ1n) is 10.0. The number of aromatic nitrogens is 2. The number of nitrogens with zero attached hydrogens (tertiary/aromatic N) is 2. The lowest BCUT2D eigenvalue weighted by Gasteiger charge is -2.27. The Morgan fingerprint density at radius 3 is 2.62 bits per heavy atom. The van der Waals surface area contributed by atoms with Crippen molar-refractivity contribution in [2.75, 3.05) is 16.9 Å². The van der Waals surface area contributed by atoms with E-state index in [9.17, 15) is 14.0 Å². The summed E-state index contributed by atoms with van der Waals surface area (Å²) >= 11 is 2.45. The van der Waals surface area contributed by atoms with Crippen molar-refractivity contribution in [2.45, 2.75) is 32.4 Å². The summed E-state index contributed by atoms with van der Waals surface area (Å²) in [5.41, 5.74) is 0.777. The molecule has 1 aliphatic rings. The predicted octanol–water partition coefficient (Wildman–Crippen LogP) is 5.19. The van der Waals surface area contributed by atoms with Gasteiger partial charge in [0, 0.05) is 11.3 Å². The number of H-pyrrole nitrogens is 1. The van der Waals surface area contributed by atoms with Crippen molar-refractivity contribution in [2.24, 2.45) is 0 Å². The Morgan fingerprint density at radius 2 is 1.97 bits per heavy atom. The molecule has 1 fully saturated rings. The third-order valence-electron chi connectivity index (χ3n) is 4.63. The number of halogens is 1. The quantitative estimate of drug-likeness (QED) is 0.543. The van der Waals surface area contributed by atoms with Crippen LogP contribution in [0.5, 0.6) is 0 Å². The minimum atomic E-state index is -0.683. The van der Waals surface area contributed by atoms with Crippen molar-refractivity contribution in [1.82, 2.24) is 14.9 Å². The van der Waals surface area contributed by atoms with E-state index in [1.807, 2.05) is 30.3 Å². The summed E-state index contributed by atoms with van der Waals surface area (Å²) in [6.45, 7) is 5.36. The molecule has 3 aromatic rings. The lowest BCUT2D eigenvalue weighted by Crippen LogP contribution is -2.46. The minimum absolute atomic E-state index is 0.320. The number of carbonyl (C=O) groups excluding carboxylic acids is 2. The third kappa shape index (κ3) is 4.97. The van der Waals surface area contributed by atoms with Crippen molar-refractivity contribution in [1.29, 1.82) is 0 Å². The lowest BCUT2D eigenvalue weighted by molar-refractivity contribution is -0.120. The maximum Gasteiger partial charge on any atom is 0.411 e. The van der Waals surface area contributed by atoms with E-state index in [0.29, 0.717) is 33.8 Å². The van der Waals surface area contributed by atoms with Crippen molar-refractivity contribution in [3.8, 4) is 22.0 Å². The lowest BCUT2D eigenvalue weighted by atomic mass is 10.1. The van der Waals surface area contributed by atoms with E-state index in [0.717, 1.165) is 16.9 Å². The molecule has 1 aliphatic heterocycles. The zero-order valence-electron chi connectivity index (χ0n) is 17.8. The molecule has 1 saturated heterocycles. The molecule has 0 aliphatic carbocycles. The van der Waals surface area contributed by atoms with Crippen LogP contribution in [0.25, 0.3) is 22.0 Å². The molecule has 168 valence electrons. The monoisotopic (exact) mass is 474 g/mol. The highest BCUT2D eigenvalue weighted by Gasteiger charge is 2.37. The number of benzene rings is 1. The first-order valence-corrected chi connectivity index (χ1v) is 12.0. The standard InChI is InChI=1S/C22H23FN4O3S2/c1-22(2,3)30-21(29)27-12-31-11-14(27)20(28)26-19-17(13-7-5-4-6-8-13)24-18(25-19)15-9-10-16(23)32-15/h4-10,14H,11-12H2,1-3H3,(H,24,25)(H,26,28). The molecule has 10 heteroatoms. The van der Waals surface area contributed by atoms with Crippen LogP contribution in [0.2, 0.25) is 0 Å². The van der Waals surface area contributed by atoms with Crippen LogP contribution in [0.15, 0.2) is 42.5 Å². The van der Waals surface area contributed by atoms with Crippen molar-refractivity contribution >= 4 is 40.9 Å². The predicted molar refractivity (Wildman–Crippen MR) is 125 cm³/mol. The Balaban J connectivity index is 1.61. The second kappa shape index (κ2) is 8.95. The van der Waals surface area contributed by atoms with Crippen LogP contribution in [-0.4, -0.2) is 50.1 Å². The summed E-state index contributed by atoms with van der Waals surface area (Å²) in [4.78, 5) is 35.5. The van der Waals surface area contributed by atoms with Gasteiger partial charge in [-0.3, -0.25) is 9.69 Å². The summed E-state index contributed by atoms with van der Waals surface area (Å²) in [5, 5.41) is 2.54. The number of thiophene rings is 1. The van der Waals surface area contributed by atoms with Crippen LogP contribution in [0, 0.1) is 5.13 Å². The molecule has 1 aromatic carbocycles. The average molecular weight is 475 g/mol. The number of carbonyl (C=O) groups is 2. The fraction of sp³-hybridized carbons (Fsp3) is 0.318. The maximum absolute atomic E-state index is 13.5. The van der Waals surface area contributed by atoms with Crippen LogP contribution < -0.4 is 5.32 Å². The molecule has 2 aromatic heterocycles. The molecule has 32 heavy (non-hydrogen) atoms. The Morgan fingerprint density at radius 1 is 1.22 bits per heavy atom. The number of hydrogen-bond donors (Lipinski definition) is 2. The second-order valence-electron chi connectivity index (χ2n) is 8.23. The van der Waals surface area contributed by atoms with Crippen LogP contribution >= 0.6 is 23.1 Å². The van der Waals surface area contributed by atoms with Gasteiger partial charge in [0.15, 0.2) is 16.8 Å². The SMILES string of the molecule is CC(C)(C)OC(=O)N1CSCC1C(=O)Nc1nc(-c2ccc(F)s2)[nH]c1-c1ccccc1. The average Bonchev–Trinajstić information content (AvgIpc) is 3.46. The summed E-state index contributed by atoms with van der Waals surface area (Å²) in [7, 11) is 0. The summed E-state index contributed by atoms with van der Waals surface area (Å²) in [6, 6.07) is 11.8. The molecule has 0 saturated carbocycles. The Labute approximate surface area is 193 Å². The number of hydrogen-bond acceptors (Lipinski definition) is 6. The highest BCUT2D eigenvalue weighted by Crippen LogP contribution is 2.33. The molecule has 0 radical (unpaired) electrons. The van der Waals surface area contributed by atoms with Gasteiger partial charge in [-0.15, -0.1) is 23.1 Å². The van der Waals surface area contributed by atoms with Gasteiger partial charge in [0.05, 0.1) is 16.4 Å². The highest BCUT2D eigenvalue weighted by molar-refractivity contribution is 7.99. The molecule has 2 amide bonds. The Kier molecular flexibility index (Phi) is 6.25. The van der Waals surface area contributed by atoms with E-state index in [2.05, 4.69) is 15.3 Å². The Bertz CT molecular complexity index is 1120. The number of thioether (sulfide) groups is 1. The summed E-state index contributed by atoms with van der Waals surface area (Å²) in [5.74, 6) is 1.26. The molecule has 2 N–H and O–H groups in total. The van der Waals surface area contributed by atoms with Crippen molar-refractivity contribution < 1.29 is 18.7 Å². The molecule has 3 heterocycles. The van der Waals surface area contributed by atoms with Crippen LogP contribution in [0.4, 0.5) is 15.0 Å². The molecule has 4 rings (SSSR count). The zero-order chi connectivity index (χ0) is 22.9. The topological polar surface area (TPSA) is 87.3 Å². The van der Waals surface area contributed by atoms with Gasteiger partial charge in [0.2, 0.25) is 5.91 Å². The number of imidazole rings is 1. The van der Waals surface area contributed by atoms with Gasteiger partial charge in [-0.2, -0.15) is 4.39 Å².